The summed E-state index contributed by atoms with van der Waals surface area (Å²) in [5.74, 6) is 0.573. The van der Waals surface area contributed by atoms with Gasteiger partial charge in [0.1, 0.15) is 4.60 Å². The Morgan fingerprint density at radius 1 is 1.56 bits per heavy atom. The van der Waals surface area contributed by atoms with Gasteiger partial charge in [-0.25, -0.2) is 13.4 Å². The fraction of sp³-hybridized carbons (Fsp3) is 0.500. The van der Waals surface area contributed by atoms with Gasteiger partial charge in [0.05, 0.1) is 17.6 Å². The third kappa shape index (κ3) is 3.18. The summed E-state index contributed by atoms with van der Waals surface area (Å²) in [7, 11) is -3.21. The number of hydrogen-bond donors (Lipinski definition) is 1. The number of pyridine rings is 1. The van der Waals surface area contributed by atoms with Crippen molar-refractivity contribution in [2.24, 2.45) is 5.92 Å². The van der Waals surface area contributed by atoms with Crippen molar-refractivity contribution in [1.29, 1.82) is 0 Å². The highest BCUT2D eigenvalue weighted by atomic mass is 79.9. The molecule has 1 N–H and O–H groups in total. The maximum Gasteiger partial charge on any atom is 0.233 e. The molecule has 0 saturated heterocycles. The number of nitrogens with zero attached hydrogens (tertiary/aromatic N) is 1. The second-order valence-corrected chi connectivity index (χ2v) is 6.68. The average molecular weight is 305 g/mol. The Kier molecular flexibility index (Phi) is 3.21. The Balaban J connectivity index is 2.10. The molecule has 0 unspecified atom stereocenters. The summed E-state index contributed by atoms with van der Waals surface area (Å²) >= 11 is 3.27. The van der Waals surface area contributed by atoms with E-state index in [1.807, 2.05) is 6.92 Å². The molecule has 0 radical (unpaired) electrons. The fourth-order valence-corrected chi connectivity index (χ4v) is 3.15. The van der Waals surface area contributed by atoms with Crippen LogP contribution < -0.4 is 4.72 Å². The van der Waals surface area contributed by atoms with Crippen molar-refractivity contribution in [2.45, 2.75) is 19.8 Å². The van der Waals surface area contributed by atoms with Crippen LogP contribution in [-0.2, 0) is 10.0 Å². The van der Waals surface area contributed by atoms with E-state index in [2.05, 4.69) is 25.6 Å². The predicted molar refractivity (Wildman–Crippen MR) is 66.8 cm³/mol. The van der Waals surface area contributed by atoms with Crippen LogP contribution in [0.3, 0.4) is 0 Å². The van der Waals surface area contributed by atoms with Crippen molar-refractivity contribution >= 4 is 31.6 Å². The van der Waals surface area contributed by atoms with Gasteiger partial charge < -0.3 is 0 Å². The smallest absolute Gasteiger partial charge is 0.233 e. The molecule has 1 heterocycles. The molecule has 2 rings (SSSR count). The van der Waals surface area contributed by atoms with Gasteiger partial charge in [0.25, 0.3) is 0 Å². The van der Waals surface area contributed by atoms with E-state index in [1.165, 1.54) is 6.20 Å². The summed E-state index contributed by atoms with van der Waals surface area (Å²) in [5, 5.41) is 0. The summed E-state index contributed by atoms with van der Waals surface area (Å²) in [4.78, 5) is 4.05. The van der Waals surface area contributed by atoms with Crippen LogP contribution in [0.1, 0.15) is 18.4 Å². The minimum Gasteiger partial charge on any atom is -0.282 e. The molecule has 0 atom stereocenters. The molecular formula is C10H13BrN2O2S. The van der Waals surface area contributed by atoms with E-state index < -0.39 is 10.0 Å². The summed E-state index contributed by atoms with van der Waals surface area (Å²) in [5.41, 5.74) is 1.44. The normalized spacial score (nSPS) is 16.1. The molecule has 1 aliphatic carbocycles. The fourth-order valence-electron chi connectivity index (χ4n) is 1.43. The summed E-state index contributed by atoms with van der Waals surface area (Å²) in [6, 6.07) is 1.77. The van der Waals surface area contributed by atoms with Crippen LogP contribution in [0.25, 0.3) is 0 Å². The van der Waals surface area contributed by atoms with E-state index in [4.69, 9.17) is 0 Å². The average Bonchev–Trinajstić information content (AvgIpc) is 2.94. The van der Waals surface area contributed by atoms with Crippen LogP contribution in [0.5, 0.6) is 0 Å². The molecule has 4 nitrogen and oxygen atoms in total. The summed E-state index contributed by atoms with van der Waals surface area (Å²) in [6.07, 6.45) is 3.57. The van der Waals surface area contributed by atoms with Crippen molar-refractivity contribution < 1.29 is 8.42 Å². The van der Waals surface area contributed by atoms with Gasteiger partial charge in [0.15, 0.2) is 0 Å². The monoisotopic (exact) mass is 304 g/mol. The number of sulfonamides is 1. The Morgan fingerprint density at radius 3 is 2.81 bits per heavy atom. The van der Waals surface area contributed by atoms with Gasteiger partial charge in [-0.3, -0.25) is 4.72 Å². The predicted octanol–water partition coefficient (Wildman–Crippen LogP) is 2.30. The minimum atomic E-state index is -3.21. The maximum absolute atomic E-state index is 11.7. The summed E-state index contributed by atoms with van der Waals surface area (Å²) < 4.78 is 26.7. The highest BCUT2D eigenvalue weighted by Gasteiger charge is 2.27. The molecular weight excluding hydrogens is 292 g/mol. The zero-order valence-corrected chi connectivity index (χ0v) is 11.3. The van der Waals surface area contributed by atoms with Crippen molar-refractivity contribution in [2.75, 3.05) is 10.5 Å². The Labute approximate surface area is 104 Å². The number of nitrogens with one attached hydrogen (secondary N) is 1. The first-order chi connectivity index (χ1) is 7.46. The van der Waals surface area contributed by atoms with E-state index in [0.29, 0.717) is 11.6 Å². The minimum absolute atomic E-state index is 0.224. The zero-order valence-electron chi connectivity index (χ0n) is 8.90. The number of rotatable bonds is 4. The first kappa shape index (κ1) is 11.9. The van der Waals surface area contributed by atoms with E-state index in [1.54, 1.807) is 6.07 Å². The van der Waals surface area contributed by atoms with E-state index in [-0.39, 0.29) is 5.75 Å². The van der Waals surface area contributed by atoms with Crippen molar-refractivity contribution in [3.05, 3.63) is 22.4 Å². The quantitative estimate of drug-likeness (QED) is 0.868. The second kappa shape index (κ2) is 4.33. The molecule has 1 saturated carbocycles. The van der Waals surface area contributed by atoms with Crippen LogP contribution in [0.15, 0.2) is 16.9 Å². The van der Waals surface area contributed by atoms with Gasteiger partial charge in [-0.2, -0.15) is 0 Å². The van der Waals surface area contributed by atoms with Gasteiger partial charge in [-0.1, -0.05) is 0 Å². The number of aryl methyl sites for hydroxylation is 1. The molecule has 16 heavy (non-hydrogen) atoms. The van der Waals surface area contributed by atoms with Crippen molar-refractivity contribution in [3.8, 4) is 0 Å². The SMILES string of the molecule is Cc1cc(NS(=O)(=O)CC2CC2)cnc1Br. The number of aromatic nitrogens is 1. The second-order valence-electron chi connectivity index (χ2n) is 4.16. The van der Waals surface area contributed by atoms with E-state index in [9.17, 15) is 8.42 Å². The van der Waals surface area contributed by atoms with Crippen LogP contribution in [0.2, 0.25) is 0 Å². The molecule has 88 valence electrons. The molecule has 1 fully saturated rings. The molecule has 6 heteroatoms. The lowest BCUT2D eigenvalue weighted by atomic mass is 10.3. The lowest BCUT2D eigenvalue weighted by Crippen LogP contribution is -2.18. The van der Waals surface area contributed by atoms with Crippen LogP contribution >= 0.6 is 15.9 Å². The van der Waals surface area contributed by atoms with Gasteiger partial charge >= 0.3 is 0 Å². The standard InChI is InChI=1S/C10H13BrN2O2S/c1-7-4-9(5-12-10(7)11)13-16(14,15)6-8-2-3-8/h4-5,8,13H,2-3,6H2,1H3. The third-order valence-corrected chi connectivity index (χ3v) is 4.73. The Morgan fingerprint density at radius 2 is 2.25 bits per heavy atom. The van der Waals surface area contributed by atoms with Gasteiger partial charge in [-0.05, 0) is 53.2 Å². The maximum atomic E-state index is 11.7. The first-order valence-corrected chi connectivity index (χ1v) is 7.53. The lowest BCUT2D eigenvalue weighted by Gasteiger charge is -2.08. The third-order valence-electron chi connectivity index (χ3n) is 2.44. The molecule has 1 aromatic rings. The van der Waals surface area contributed by atoms with Gasteiger partial charge in [-0.15, -0.1) is 0 Å². The number of anilines is 1. The molecule has 1 aromatic heterocycles. The highest BCUT2D eigenvalue weighted by Crippen LogP contribution is 2.30. The molecule has 0 amide bonds. The number of hydrogen-bond acceptors (Lipinski definition) is 3. The molecule has 0 spiro atoms. The highest BCUT2D eigenvalue weighted by molar-refractivity contribution is 9.10. The lowest BCUT2D eigenvalue weighted by molar-refractivity contribution is 0.597. The van der Waals surface area contributed by atoms with Crippen LogP contribution in [0.4, 0.5) is 5.69 Å². The van der Waals surface area contributed by atoms with Crippen LogP contribution in [0, 0.1) is 12.8 Å². The molecule has 0 aliphatic heterocycles. The van der Waals surface area contributed by atoms with Gasteiger partial charge in [0, 0.05) is 0 Å². The number of halogens is 1. The summed E-state index contributed by atoms with van der Waals surface area (Å²) in [6.45, 7) is 1.87. The Bertz CT molecular complexity index is 498. The zero-order chi connectivity index (χ0) is 11.8. The molecule has 0 bridgehead atoms. The topological polar surface area (TPSA) is 59.1 Å². The molecule has 1 aliphatic rings. The van der Waals surface area contributed by atoms with E-state index >= 15 is 0 Å². The molecule has 0 aromatic carbocycles. The van der Waals surface area contributed by atoms with Crippen molar-refractivity contribution in [3.63, 3.8) is 0 Å². The van der Waals surface area contributed by atoms with Crippen LogP contribution in [-0.4, -0.2) is 19.2 Å². The Hall–Kier alpha value is -0.620. The largest absolute Gasteiger partial charge is 0.282 e. The van der Waals surface area contributed by atoms with E-state index in [0.717, 1.165) is 23.0 Å². The first-order valence-electron chi connectivity index (χ1n) is 5.09. The van der Waals surface area contributed by atoms with Crippen molar-refractivity contribution in [1.82, 2.24) is 4.98 Å². The van der Waals surface area contributed by atoms with Gasteiger partial charge in [0.2, 0.25) is 10.0 Å².